The van der Waals surface area contributed by atoms with E-state index < -0.39 is 17.7 Å². The van der Waals surface area contributed by atoms with E-state index in [1.54, 1.807) is 0 Å². The first-order valence-electron chi connectivity index (χ1n) is 4.49. The fraction of sp³-hybridized carbons (Fsp3) is 0.667. The minimum atomic E-state index is -2.87. The molecule has 0 radical (unpaired) electrons. The van der Waals surface area contributed by atoms with Crippen LogP contribution in [0, 0.1) is 5.92 Å². The largest absolute Gasteiger partial charge is 0.444 e. The molecule has 0 unspecified atom stereocenters. The highest BCUT2D eigenvalue weighted by Gasteiger charge is 2.46. The standard InChI is InChI=1S/C9H11F2NO/c10-9(11,7-3-1-2-4-7)8-12-5-6-13-8/h5-7H,1-4H2. The normalized spacial score (nSPS) is 19.5. The first-order valence-corrected chi connectivity index (χ1v) is 4.49. The SMILES string of the molecule is FC(F)(c1ncco1)C1CCCC1. The molecule has 1 aromatic rings. The van der Waals surface area contributed by atoms with Gasteiger partial charge in [-0.3, -0.25) is 0 Å². The van der Waals surface area contributed by atoms with Crippen molar-refractivity contribution in [2.45, 2.75) is 31.6 Å². The Morgan fingerprint density at radius 3 is 2.62 bits per heavy atom. The Morgan fingerprint density at radius 1 is 1.38 bits per heavy atom. The Labute approximate surface area is 75.0 Å². The molecule has 1 aliphatic rings. The molecule has 0 N–H and O–H groups in total. The average Bonchev–Trinajstić information content (AvgIpc) is 2.78. The molecule has 0 aromatic carbocycles. The van der Waals surface area contributed by atoms with Crippen LogP contribution in [0.5, 0.6) is 0 Å². The van der Waals surface area contributed by atoms with Crippen LogP contribution in [0.1, 0.15) is 31.6 Å². The van der Waals surface area contributed by atoms with Gasteiger partial charge in [0.2, 0.25) is 0 Å². The minimum Gasteiger partial charge on any atom is -0.444 e. The molecule has 0 bridgehead atoms. The predicted molar refractivity (Wildman–Crippen MR) is 42.4 cm³/mol. The zero-order chi connectivity index (χ0) is 9.31. The summed E-state index contributed by atoms with van der Waals surface area (Å²) in [4.78, 5) is 3.52. The quantitative estimate of drug-likeness (QED) is 0.711. The maximum Gasteiger partial charge on any atom is 0.325 e. The van der Waals surface area contributed by atoms with Crippen LogP contribution in [0.3, 0.4) is 0 Å². The second-order valence-corrected chi connectivity index (χ2v) is 3.44. The van der Waals surface area contributed by atoms with Crippen LogP contribution in [0.15, 0.2) is 16.9 Å². The molecule has 0 atom stereocenters. The van der Waals surface area contributed by atoms with E-state index in [1.807, 2.05) is 0 Å². The Morgan fingerprint density at radius 2 is 2.08 bits per heavy atom. The number of halogens is 2. The predicted octanol–water partition coefficient (Wildman–Crippen LogP) is 2.96. The van der Waals surface area contributed by atoms with Crippen LogP contribution in [0.4, 0.5) is 8.78 Å². The molecule has 13 heavy (non-hydrogen) atoms. The molecule has 1 aromatic heterocycles. The van der Waals surface area contributed by atoms with Gasteiger partial charge < -0.3 is 4.42 Å². The zero-order valence-electron chi connectivity index (χ0n) is 7.17. The van der Waals surface area contributed by atoms with Crippen molar-refractivity contribution in [2.24, 2.45) is 5.92 Å². The number of hydrogen-bond donors (Lipinski definition) is 0. The van der Waals surface area contributed by atoms with E-state index >= 15 is 0 Å². The molecular weight excluding hydrogens is 176 g/mol. The van der Waals surface area contributed by atoms with Crippen molar-refractivity contribution < 1.29 is 13.2 Å². The van der Waals surface area contributed by atoms with Crippen molar-refractivity contribution in [3.8, 4) is 0 Å². The number of rotatable bonds is 2. The van der Waals surface area contributed by atoms with Crippen LogP contribution < -0.4 is 0 Å². The summed E-state index contributed by atoms with van der Waals surface area (Å²) >= 11 is 0. The Kier molecular flexibility index (Phi) is 2.06. The number of aromatic nitrogens is 1. The summed E-state index contributed by atoms with van der Waals surface area (Å²) in [6.07, 6.45) is 5.39. The van der Waals surface area contributed by atoms with Crippen molar-refractivity contribution in [3.05, 3.63) is 18.4 Å². The van der Waals surface area contributed by atoms with E-state index in [-0.39, 0.29) is 0 Å². The van der Waals surface area contributed by atoms with E-state index in [4.69, 9.17) is 0 Å². The van der Waals surface area contributed by atoms with Gasteiger partial charge in [-0.05, 0) is 12.8 Å². The van der Waals surface area contributed by atoms with Crippen molar-refractivity contribution in [3.63, 3.8) is 0 Å². The van der Waals surface area contributed by atoms with Crippen LogP contribution >= 0.6 is 0 Å². The van der Waals surface area contributed by atoms with Gasteiger partial charge in [0.1, 0.15) is 6.26 Å². The molecule has 0 saturated heterocycles. The summed E-state index contributed by atoms with van der Waals surface area (Å²) in [6.45, 7) is 0. The highest BCUT2D eigenvalue weighted by molar-refractivity contribution is 4.96. The molecule has 1 aliphatic carbocycles. The zero-order valence-corrected chi connectivity index (χ0v) is 7.17. The molecule has 72 valence electrons. The Hall–Kier alpha value is -0.930. The lowest BCUT2D eigenvalue weighted by Crippen LogP contribution is -2.23. The van der Waals surface area contributed by atoms with E-state index in [0.29, 0.717) is 12.8 Å². The molecule has 1 fully saturated rings. The van der Waals surface area contributed by atoms with Crippen molar-refractivity contribution >= 4 is 0 Å². The topological polar surface area (TPSA) is 26.0 Å². The molecule has 2 nitrogen and oxygen atoms in total. The van der Waals surface area contributed by atoms with Crippen molar-refractivity contribution in [1.29, 1.82) is 0 Å². The van der Waals surface area contributed by atoms with Gasteiger partial charge in [-0.2, -0.15) is 8.78 Å². The monoisotopic (exact) mass is 187 g/mol. The summed E-state index contributed by atoms with van der Waals surface area (Å²) in [5.74, 6) is -3.88. The van der Waals surface area contributed by atoms with Gasteiger partial charge in [-0.1, -0.05) is 12.8 Å². The third-order valence-electron chi connectivity index (χ3n) is 2.59. The first-order chi connectivity index (χ1) is 6.21. The van der Waals surface area contributed by atoms with Crippen LogP contribution in [0.25, 0.3) is 0 Å². The summed E-state index contributed by atoms with van der Waals surface area (Å²) in [7, 11) is 0. The lowest BCUT2D eigenvalue weighted by molar-refractivity contribution is -0.0850. The van der Waals surface area contributed by atoms with Crippen LogP contribution in [-0.4, -0.2) is 4.98 Å². The maximum atomic E-state index is 13.5. The van der Waals surface area contributed by atoms with Crippen molar-refractivity contribution in [1.82, 2.24) is 4.98 Å². The van der Waals surface area contributed by atoms with E-state index in [2.05, 4.69) is 9.40 Å². The van der Waals surface area contributed by atoms with Gasteiger partial charge in [-0.25, -0.2) is 4.98 Å². The molecule has 0 aliphatic heterocycles. The number of oxazole rings is 1. The van der Waals surface area contributed by atoms with Gasteiger partial charge in [-0.15, -0.1) is 0 Å². The third kappa shape index (κ3) is 1.45. The summed E-state index contributed by atoms with van der Waals surface area (Å²) in [5, 5.41) is 0. The third-order valence-corrected chi connectivity index (χ3v) is 2.59. The number of hydrogen-bond acceptors (Lipinski definition) is 2. The lowest BCUT2D eigenvalue weighted by Gasteiger charge is -2.18. The Balaban J connectivity index is 2.19. The van der Waals surface area contributed by atoms with Crippen LogP contribution in [0.2, 0.25) is 0 Å². The minimum absolute atomic E-state index is 0.431. The van der Waals surface area contributed by atoms with Crippen LogP contribution in [-0.2, 0) is 5.92 Å². The van der Waals surface area contributed by atoms with Gasteiger partial charge in [0.05, 0.1) is 6.20 Å². The summed E-state index contributed by atoms with van der Waals surface area (Å²) in [6, 6.07) is 0. The second kappa shape index (κ2) is 3.09. The number of alkyl halides is 2. The fourth-order valence-corrected chi connectivity index (χ4v) is 1.85. The molecule has 2 rings (SSSR count). The van der Waals surface area contributed by atoms with Gasteiger partial charge in [0.15, 0.2) is 0 Å². The maximum absolute atomic E-state index is 13.5. The fourth-order valence-electron chi connectivity index (χ4n) is 1.85. The number of nitrogens with zero attached hydrogens (tertiary/aromatic N) is 1. The van der Waals surface area contributed by atoms with Gasteiger partial charge >= 0.3 is 5.92 Å². The van der Waals surface area contributed by atoms with E-state index in [1.165, 1.54) is 12.5 Å². The molecular formula is C9H11F2NO. The Bertz CT molecular complexity index is 265. The highest BCUT2D eigenvalue weighted by atomic mass is 19.3. The highest BCUT2D eigenvalue weighted by Crippen LogP contribution is 2.43. The van der Waals surface area contributed by atoms with Gasteiger partial charge in [0, 0.05) is 5.92 Å². The average molecular weight is 187 g/mol. The van der Waals surface area contributed by atoms with Crippen molar-refractivity contribution in [2.75, 3.05) is 0 Å². The first kappa shape index (κ1) is 8.66. The van der Waals surface area contributed by atoms with E-state index in [0.717, 1.165) is 12.8 Å². The van der Waals surface area contributed by atoms with Gasteiger partial charge in [0.25, 0.3) is 5.89 Å². The molecule has 1 saturated carbocycles. The molecule has 4 heteroatoms. The second-order valence-electron chi connectivity index (χ2n) is 3.44. The molecule has 0 spiro atoms. The summed E-state index contributed by atoms with van der Waals surface area (Å²) < 4.78 is 31.7. The lowest BCUT2D eigenvalue weighted by atomic mass is 10.00. The molecule has 0 amide bonds. The molecule has 1 heterocycles. The van der Waals surface area contributed by atoms with E-state index in [9.17, 15) is 8.78 Å². The smallest absolute Gasteiger partial charge is 0.325 e. The summed E-state index contributed by atoms with van der Waals surface area (Å²) in [5.41, 5.74) is 0.